The number of pyridine rings is 1. The highest BCUT2D eigenvalue weighted by Gasteiger charge is 2.36. The Balaban J connectivity index is 1.56. The quantitative estimate of drug-likeness (QED) is 0.268. The van der Waals surface area contributed by atoms with Crippen LogP contribution in [0, 0.1) is 19.3 Å². The molecular formula is C37H48ClN3O4. The van der Waals surface area contributed by atoms with Gasteiger partial charge in [-0.25, -0.2) is 4.79 Å². The summed E-state index contributed by atoms with van der Waals surface area (Å²) >= 11 is 6.56. The third kappa shape index (κ3) is 7.32. The van der Waals surface area contributed by atoms with Gasteiger partial charge in [-0.1, -0.05) is 49.7 Å². The van der Waals surface area contributed by atoms with E-state index in [1.165, 1.54) is 11.1 Å². The number of halogens is 1. The monoisotopic (exact) mass is 633 g/mol. The zero-order valence-electron chi connectivity index (χ0n) is 28.1. The molecule has 2 aromatic carbocycles. The number of piperidine rings is 1. The SMILES string of the molecule is COc1cccc(Cl)c1CN1CCc2cc(-c3c(C)nc(C)c([C@H](OC(C)(C)C)C(=O)O)c3N3CCC(C)(C)CC3)ccc2C1. The summed E-state index contributed by atoms with van der Waals surface area (Å²) in [4.78, 5) is 22.6. The summed E-state index contributed by atoms with van der Waals surface area (Å²) in [6, 6.07) is 12.5. The maximum absolute atomic E-state index is 12.8. The van der Waals surface area contributed by atoms with Gasteiger partial charge in [-0.05, 0) is 88.1 Å². The average molecular weight is 634 g/mol. The van der Waals surface area contributed by atoms with Crippen molar-refractivity contribution in [2.75, 3.05) is 31.6 Å². The molecule has 0 aliphatic carbocycles. The minimum Gasteiger partial charge on any atom is -0.496 e. The van der Waals surface area contributed by atoms with Crippen LogP contribution in [0.5, 0.6) is 5.75 Å². The van der Waals surface area contributed by atoms with Crippen LogP contribution in [-0.4, -0.2) is 53.3 Å². The lowest BCUT2D eigenvalue weighted by atomic mass is 9.81. The molecule has 1 atom stereocenters. The first-order chi connectivity index (χ1) is 21.2. The molecule has 2 aliphatic heterocycles. The van der Waals surface area contributed by atoms with E-state index in [1.807, 2.05) is 52.8 Å². The van der Waals surface area contributed by atoms with Gasteiger partial charge in [-0.3, -0.25) is 9.88 Å². The molecule has 45 heavy (non-hydrogen) atoms. The van der Waals surface area contributed by atoms with Gasteiger partial charge in [0, 0.05) is 65.8 Å². The Kier molecular flexibility index (Phi) is 9.55. The van der Waals surface area contributed by atoms with E-state index in [0.717, 1.165) is 84.3 Å². The first kappa shape index (κ1) is 33.2. The topological polar surface area (TPSA) is 75.1 Å². The predicted octanol–water partition coefficient (Wildman–Crippen LogP) is 8.15. The standard InChI is InChI=1S/C37H48ClN3O4/c1-23-31(26-12-13-27-21-40(17-14-25(27)20-26)22-28-29(38)10-9-11-30(28)44-8)33(41-18-15-37(6,7)16-19-41)32(24(2)39-23)34(35(42)43)45-36(3,4)5/h9-13,20,34H,14-19,21-22H2,1-8H3,(H,42,43)/t34-/m0/s1. The number of hydrogen-bond acceptors (Lipinski definition) is 6. The van der Waals surface area contributed by atoms with Gasteiger partial charge in [-0.2, -0.15) is 0 Å². The number of fused-ring (bicyclic) bond motifs is 1. The Morgan fingerprint density at radius 2 is 1.78 bits per heavy atom. The third-order valence-corrected chi connectivity index (χ3v) is 9.59. The van der Waals surface area contributed by atoms with Crippen molar-refractivity contribution >= 4 is 23.3 Å². The molecule has 1 N–H and O–H groups in total. The van der Waals surface area contributed by atoms with Gasteiger partial charge in [0.15, 0.2) is 6.10 Å². The lowest BCUT2D eigenvalue weighted by molar-refractivity contribution is -0.160. The van der Waals surface area contributed by atoms with E-state index in [2.05, 4.69) is 41.8 Å². The zero-order chi connectivity index (χ0) is 32.7. The Morgan fingerprint density at radius 3 is 2.42 bits per heavy atom. The van der Waals surface area contributed by atoms with E-state index in [0.29, 0.717) is 17.8 Å². The summed E-state index contributed by atoms with van der Waals surface area (Å²) in [6.45, 7) is 18.4. The van der Waals surface area contributed by atoms with Crippen molar-refractivity contribution in [2.24, 2.45) is 5.41 Å². The molecule has 0 bridgehead atoms. The molecule has 3 heterocycles. The van der Waals surface area contributed by atoms with E-state index in [1.54, 1.807) is 7.11 Å². The van der Waals surface area contributed by atoms with E-state index < -0.39 is 17.7 Å². The van der Waals surface area contributed by atoms with Crippen molar-refractivity contribution in [3.05, 3.63) is 75.1 Å². The molecule has 8 heteroatoms. The van der Waals surface area contributed by atoms with Crippen LogP contribution in [0.4, 0.5) is 5.69 Å². The summed E-state index contributed by atoms with van der Waals surface area (Å²) in [5, 5.41) is 11.2. The maximum atomic E-state index is 12.8. The van der Waals surface area contributed by atoms with Gasteiger partial charge < -0.3 is 19.5 Å². The number of carboxylic acid groups (broad SMARTS) is 1. The molecule has 0 radical (unpaired) electrons. The fourth-order valence-electron chi connectivity index (χ4n) is 6.76. The molecule has 1 aromatic heterocycles. The first-order valence-electron chi connectivity index (χ1n) is 16.0. The second-order valence-electron chi connectivity index (χ2n) is 14.4. The van der Waals surface area contributed by atoms with Crippen LogP contribution in [0.2, 0.25) is 5.02 Å². The minimum atomic E-state index is -1.13. The average Bonchev–Trinajstić information content (AvgIpc) is 2.96. The second kappa shape index (κ2) is 12.9. The van der Waals surface area contributed by atoms with Gasteiger partial charge in [0.25, 0.3) is 0 Å². The van der Waals surface area contributed by atoms with E-state index in [-0.39, 0.29) is 5.41 Å². The van der Waals surface area contributed by atoms with Crippen LogP contribution in [0.1, 0.15) is 87.2 Å². The largest absolute Gasteiger partial charge is 0.496 e. The highest BCUT2D eigenvalue weighted by Crippen LogP contribution is 2.45. The summed E-state index contributed by atoms with van der Waals surface area (Å²) < 4.78 is 11.9. The van der Waals surface area contributed by atoms with Crippen molar-refractivity contribution in [1.29, 1.82) is 0 Å². The van der Waals surface area contributed by atoms with E-state index in [4.69, 9.17) is 26.1 Å². The molecule has 1 saturated heterocycles. The van der Waals surface area contributed by atoms with Gasteiger partial charge in [0.2, 0.25) is 0 Å². The number of rotatable bonds is 8. The Labute approximate surface area is 273 Å². The van der Waals surface area contributed by atoms with Crippen molar-refractivity contribution in [1.82, 2.24) is 9.88 Å². The van der Waals surface area contributed by atoms with E-state index in [9.17, 15) is 9.90 Å². The van der Waals surface area contributed by atoms with Crippen LogP contribution in [0.15, 0.2) is 36.4 Å². The Morgan fingerprint density at radius 1 is 1.07 bits per heavy atom. The molecule has 7 nitrogen and oxygen atoms in total. The van der Waals surface area contributed by atoms with Crippen LogP contribution >= 0.6 is 11.6 Å². The van der Waals surface area contributed by atoms with Crippen molar-refractivity contribution in [3.63, 3.8) is 0 Å². The number of carbonyl (C=O) groups is 1. The molecule has 3 aromatic rings. The summed E-state index contributed by atoms with van der Waals surface area (Å²) in [6.07, 6.45) is 1.83. The number of benzene rings is 2. The van der Waals surface area contributed by atoms with Crippen molar-refractivity contribution in [3.8, 4) is 16.9 Å². The summed E-state index contributed by atoms with van der Waals surface area (Å²) in [5.74, 6) is -0.186. The molecule has 1 fully saturated rings. The second-order valence-corrected chi connectivity index (χ2v) is 14.8. The summed E-state index contributed by atoms with van der Waals surface area (Å²) in [5.41, 5.74) is 8.50. The fourth-order valence-corrected chi connectivity index (χ4v) is 6.99. The van der Waals surface area contributed by atoms with Crippen molar-refractivity contribution in [2.45, 2.75) is 92.5 Å². The number of ether oxygens (including phenoxy) is 2. The van der Waals surface area contributed by atoms with E-state index >= 15 is 0 Å². The molecule has 5 rings (SSSR count). The number of anilines is 1. The van der Waals surface area contributed by atoms with Gasteiger partial charge in [-0.15, -0.1) is 0 Å². The van der Waals surface area contributed by atoms with Gasteiger partial charge >= 0.3 is 5.97 Å². The lowest BCUT2D eigenvalue weighted by Gasteiger charge is -2.41. The van der Waals surface area contributed by atoms with Crippen LogP contribution in [0.25, 0.3) is 11.1 Å². The highest BCUT2D eigenvalue weighted by atomic mass is 35.5. The smallest absolute Gasteiger partial charge is 0.337 e. The number of carboxylic acids is 1. The number of aromatic nitrogens is 1. The molecule has 0 unspecified atom stereocenters. The molecule has 0 saturated carbocycles. The molecular weight excluding hydrogens is 586 g/mol. The maximum Gasteiger partial charge on any atom is 0.337 e. The lowest BCUT2D eigenvalue weighted by Crippen LogP contribution is -2.39. The minimum absolute atomic E-state index is 0.244. The fraction of sp³-hybridized carbons (Fsp3) is 0.514. The summed E-state index contributed by atoms with van der Waals surface area (Å²) in [7, 11) is 1.68. The highest BCUT2D eigenvalue weighted by molar-refractivity contribution is 6.31. The van der Waals surface area contributed by atoms with Crippen LogP contribution in [-0.2, 0) is 29.0 Å². The van der Waals surface area contributed by atoms with Gasteiger partial charge in [0.05, 0.1) is 18.4 Å². The predicted molar refractivity (Wildman–Crippen MR) is 181 cm³/mol. The normalized spacial score (nSPS) is 17.6. The van der Waals surface area contributed by atoms with Crippen LogP contribution < -0.4 is 9.64 Å². The number of aliphatic carboxylic acids is 1. The number of aryl methyl sites for hydroxylation is 2. The number of hydrogen-bond donors (Lipinski definition) is 1. The molecule has 0 amide bonds. The zero-order valence-corrected chi connectivity index (χ0v) is 28.8. The molecule has 242 valence electrons. The third-order valence-electron chi connectivity index (χ3n) is 9.23. The molecule has 0 spiro atoms. The number of methoxy groups -OCH3 is 1. The van der Waals surface area contributed by atoms with Crippen LogP contribution in [0.3, 0.4) is 0 Å². The molecule has 2 aliphatic rings. The van der Waals surface area contributed by atoms with Crippen molar-refractivity contribution < 1.29 is 19.4 Å². The number of nitrogens with zero attached hydrogens (tertiary/aromatic N) is 3. The van der Waals surface area contributed by atoms with Gasteiger partial charge in [0.1, 0.15) is 5.75 Å². The Bertz CT molecular complexity index is 1570. The first-order valence-corrected chi connectivity index (χ1v) is 16.4. The Hall–Kier alpha value is -3.13.